The smallest absolute Gasteiger partial charge is 0.0459 e. The molecule has 0 amide bonds. The first-order valence-electron chi connectivity index (χ1n) is 6.25. The normalized spacial score (nSPS) is 12.3. The van der Waals surface area contributed by atoms with Crippen LogP contribution in [0.1, 0.15) is 37.6 Å². The molecule has 1 heterocycles. The Kier molecular flexibility index (Phi) is 3.00. The van der Waals surface area contributed by atoms with Gasteiger partial charge in [-0.3, -0.25) is 0 Å². The van der Waals surface area contributed by atoms with Crippen LogP contribution in [0.15, 0.2) is 18.2 Å². The highest BCUT2D eigenvalue weighted by Crippen LogP contribution is 2.29. The summed E-state index contributed by atoms with van der Waals surface area (Å²) in [7, 11) is 0. The number of nitrogens with two attached hydrogens (primary N) is 1. The second-order valence-corrected chi connectivity index (χ2v) is 5.78. The molecule has 1 aromatic carbocycles. The fourth-order valence-electron chi connectivity index (χ4n) is 2.32. The van der Waals surface area contributed by atoms with E-state index in [9.17, 15) is 0 Å². The number of H-pyrrole nitrogens is 1. The van der Waals surface area contributed by atoms with Gasteiger partial charge in [0.2, 0.25) is 0 Å². The molecule has 17 heavy (non-hydrogen) atoms. The van der Waals surface area contributed by atoms with Gasteiger partial charge in [0.1, 0.15) is 0 Å². The highest BCUT2D eigenvalue weighted by molar-refractivity contribution is 5.85. The highest BCUT2D eigenvalue weighted by Gasteiger charge is 2.16. The summed E-state index contributed by atoms with van der Waals surface area (Å²) < 4.78 is 0. The van der Waals surface area contributed by atoms with Gasteiger partial charge in [-0.2, -0.15) is 0 Å². The van der Waals surface area contributed by atoms with E-state index >= 15 is 0 Å². The van der Waals surface area contributed by atoms with Crippen molar-refractivity contribution in [3.63, 3.8) is 0 Å². The molecule has 92 valence electrons. The van der Waals surface area contributed by atoms with Gasteiger partial charge in [0.25, 0.3) is 0 Å². The third-order valence-corrected chi connectivity index (χ3v) is 3.38. The second kappa shape index (κ2) is 4.19. The molecule has 0 bridgehead atoms. The van der Waals surface area contributed by atoms with E-state index in [0.29, 0.717) is 6.54 Å². The van der Waals surface area contributed by atoms with Crippen molar-refractivity contribution >= 4 is 10.9 Å². The summed E-state index contributed by atoms with van der Waals surface area (Å²) in [5.74, 6) is 0. The lowest BCUT2D eigenvalue weighted by atomic mass is 9.86. The van der Waals surface area contributed by atoms with Crippen molar-refractivity contribution < 1.29 is 0 Å². The van der Waals surface area contributed by atoms with Gasteiger partial charge in [0.05, 0.1) is 0 Å². The lowest BCUT2D eigenvalue weighted by molar-refractivity contribution is 0.591. The fourth-order valence-corrected chi connectivity index (χ4v) is 2.32. The number of aromatic amines is 1. The minimum atomic E-state index is 0.194. The molecule has 1 aromatic heterocycles. The SMILES string of the molecule is Cc1[nH]c2ccc(C(C)(C)C)cc2c1CCN. The van der Waals surface area contributed by atoms with Crippen molar-refractivity contribution in [3.8, 4) is 0 Å². The molecule has 0 aliphatic rings. The van der Waals surface area contributed by atoms with Crippen LogP contribution in [0.2, 0.25) is 0 Å². The summed E-state index contributed by atoms with van der Waals surface area (Å²) in [5, 5.41) is 1.33. The van der Waals surface area contributed by atoms with Gasteiger partial charge < -0.3 is 10.7 Å². The first-order chi connectivity index (χ1) is 7.93. The zero-order chi connectivity index (χ0) is 12.6. The van der Waals surface area contributed by atoms with E-state index in [2.05, 4.69) is 50.9 Å². The van der Waals surface area contributed by atoms with E-state index in [1.54, 1.807) is 0 Å². The van der Waals surface area contributed by atoms with Crippen LogP contribution in [0.25, 0.3) is 10.9 Å². The van der Waals surface area contributed by atoms with Crippen molar-refractivity contribution in [1.82, 2.24) is 4.98 Å². The Morgan fingerprint density at radius 3 is 2.53 bits per heavy atom. The summed E-state index contributed by atoms with van der Waals surface area (Å²) in [6, 6.07) is 6.71. The van der Waals surface area contributed by atoms with Gasteiger partial charge in [-0.05, 0) is 48.6 Å². The standard InChI is InChI=1S/C15H22N2/c1-10-12(7-8-16)13-9-11(15(2,3)4)5-6-14(13)17-10/h5-6,9,17H,7-8,16H2,1-4H3. The summed E-state index contributed by atoms with van der Waals surface area (Å²) in [4.78, 5) is 3.43. The Hall–Kier alpha value is -1.28. The van der Waals surface area contributed by atoms with Crippen LogP contribution >= 0.6 is 0 Å². The molecular weight excluding hydrogens is 208 g/mol. The number of hydrogen-bond acceptors (Lipinski definition) is 1. The number of rotatable bonds is 2. The number of benzene rings is 1. The Morgan fingerprint density at radius 1 is 1.24 bits per heavy atom. The summed E-state index contributed by atoms with van der Waals surface area (Å²) in [6.45, 7) is 9.57. The third kappa shape index (κ3) is 2.22. The topological polar surface area (TPSA) is 41.8 Å². The molecule has 2 aromatic rings. The molecule has 0 radical (unpaired) electrons. The maximum Gasteiger partial charge on any atom is 0.0459 e. The molecular formula is C15H22N2. The van der Waals surface area contributed by atoms with Crippen molar-refractivity contribution in [3.05, 3.63) is 35.0 Å². The average Bonchev–Trinajstić information content (AvgIpc) is 2.54. The van der Waals surface area contributed by atoms with E-state index in [4.69, 9.17) is 5.73 Å². The van der Waals surface area contributed by atoms with E-state index in [0.717, 1.165) is 6.42 Å². The van der Waals surface area contributed by atoms with Crippen LogP contribution in [0.5, 0.6) is 0 Å². The maximum atomic E-state index is 5.69. The Bertz CT molecular complexity index is 530. The lowest BCUT2D eigenvalue weighted by Crippen LogP contribution is -2.10. The first kappa shape index (κ1) is 12.2. The predicted molar refractivity (Wildman–Crippen MR) is 74.5 cm³/mol. The van der Waals surface area contributed by atoms with Gasteiger partial charge in [-0.1, -0.05) is 26.8 Å². The van der Waals surface area contributed by atoms with Crippen LogP contribution in [-0.4, -0.2) is 11.5 Å². The highest BCUT2D eigenvalue weighted by atomic mass is 14.7. The lowest BCUT2D eigenvalue weighted by Gasteiger charge is -2.19. The van der Waals surface area contributed by atoms with Crippen LogP contribution in [0, 0.1) is 6.92 Å². The first-order valence-corrected chi connectivity index (χ1v) is 6.25. The van der Waals surface area contributed by atoms with Gasteiger partial charge >= 0.3 is 0 Å². The largest absolute Gasteiger partial charge is 0.358 e. The summed E-state index contributed by atoms with van der Waals surface area (Å²) in [5.41, 5.74) is 11.1. The Morgan fingerprint density at radius 2 is 1.94 bits per heavy atom. The van der Waals surface area contributed by atoms with Crippen LogP contribution < -0.4 is 5.73 Å². The minimum Gasteiger partial charge on any atom is -0.358 e. The maximum absolute atomic E-state index is 5.69. The third-order valence-electron chi connectivity index (χ3n) is 3.38. The zero-order valence-corrected chi connectivity index (χ0v) is 11.2. The van der Waals surface area contributed by atoms with E-state index < -0.39 is 0 Å². The Balaban J connectivity index is 2.62. The number of fused-ring (bicyclic) bond motifs is 1. The summed E-state index contributed by atoms with van der Waals surface area (Å²) >= 11 is 0. The number of nitrogens with one attached hydrogen (secondary N) is 1. The van der Waals surface area contributed by atoms with Crippen LogP contribution in [0.3, 0.4) is 0 Å². The minimum absolute atomic E-state index is 0.194. The van der Waals surface area contributed by atoms with Gasteiger partial charge in [0.15, 0.2) is 0 Å². The monoisotopic (exact) mass is 230 g/mol. The molecule has 3 N–H and O–H groups in total. The van der Waals surface area contributed by atoms with E-state index in [1.165, 1.54) is 27.7 Å². The molecule has 0 atom stereocenters. The van der Waals surface area contributed by atoms with Crippen LogP contribution in [0.4, 0.5) is 0 Å². The van der Waals surface area contributed by atoms with Gasteiger partial charge in [-0.15, -0.1) is 0 Å². The van der Waals surface area contributed by atoms with E-state index in [-0.39, 0.29) is 5.41 Å². The van der Waals surface area contributed by atoms with Gasteiger partial charge in [0, 0.05) is 16.6 Å². The van der Waals surface area contributed by atoms with Crippen molar-refractivity contribution in [1.29, 1.82) is 0 Å². The Labute approximate surface area is 103 Å². The van der Waals surface area contributed by atoms with E-state index in [1.807, 2.05) is 0 Å². The molecule has 0 spiro atoms. The average molecular weight is 230 g/mol. The molecule has 0 fully saturated rings. The fraction of sp³-hybridized carbons (Fsp3) is 0.467. The summed E-state index contributed by atoms with van der Waals surface area (Å²) in [6.07, 6.45) is 0.944. The van der Waals surface area contributed by atoms with Crippen molar-refractivity contribution in [2.45, 2.75) is 39.5 Å². The number of hydrogen-bond donors (Lipinski definition) is 2. The molecule has 0 aliphatic carbocycles. The zero-order valence-electron chi connectivity index (χ0n) is 11.2. The molecule has 0 saturated heterocycles. The van der Waals surface area contributed by atoms with Crippen LogP contribution in [-0.2, 0) is 11.8 Å². The predicted octanol–water partition coefficient (Wildman–Crippen LogP) is 3.28. The molecule has 0 saturated carbocycles. The molecule has 0 unspecified atom stereocenters. The quantitative estimate of drug-likeness (QED) is 0.817. The number of aromatic nitrogens is 1. The number of aryl methyl sites for hydroxylation is 1. The van der Waals surface area contributed by atoms with Crippen molar-refractivity contribution in [2.75, 3.05) is 6.54 Å². The molecule has 2 nitrogen and oxygen atoms in total. The van der Waals surface area contributed by atoms with Crippen molar-refractivity contribution in [2.24, 2.45) is 5.73 Å². The molecule has 2 rings (SSSR count). The second-order valence-electron chi connectivity index (χ2n) is 5.78. The van der Waals surface area contributed by atoms with Gasteiger partial charge in [-0.25, -0.2) is 0 Å². The molecule has 2 heteroatoms. The molecule has 0 aliphatic heterocycles.